The molecule has 2 heterocycles. The molecule has 0 aliphatic carbocycles. The lowest BCUT2D eigenvalue weighted by molar-refractivity contribution is 0.0187. The number of nitrogens with one attached hydrogen (secondary N) is 1. The van der Waals surface area contributed by atoms with Gasteiger partial charge in [0.25, 0.3) is 0 Å². The lowest BCUT2D eigenvalue weighted by Crippen LogP contribution is -2.49. The zero-order chi connectivity index (χ0) is 16.3. The number of hydrogen-bond acceptors (Lipinski definition) is 4. The number of piperidine rings is 1. The first-order valence-electron chi connectivity index (χ1n) is 7.95. The van der Waals surface area contributed by atoms with E-state index in [1.165, 1.54) is 5.56 Å². The van der Waals surface area contributed by atoms with Crippen molar-refractivity contribution in [3.8, 4) is 0 Å². The van der Waals surface area contributed by atoms with Gasteiger partial charge in [0.1, 0.15) is 5.60 Å². The van der Waals surface area contributed by atoms with Crippen molar-refractivity contribution >= 4 is 6.09 Å². The van der Waals surface area contributed by atoms with Crippen molar-refractivity contribution in [2.75, 3.05) is 13.1 Å². The Morgan fingerprint density at radius 1 is 1.50 bits per heavy atom. The van der Waals surface area contributed by atoms with E-state index in [0.717, 1.165) is 31.6 Å². The molecule has 0 spiro atoms. The summed E-state index contributed by atoms with van der Waals surface area (Å²) in [6.07, 6.45) is 3.91. The van der Waals surface area contributed by atoms with E-state index in [0.29, 0.717) is 12.6 Å². The molecule has 1 aromatic rings. The van der Waals surface area contributed by atoms with Crippen LogP contribution >= 0.6 is 0 Å². The summed E-state index contributed by atoms with van der Waals surface area (Å²) in [6.45, 7) is 9.98. The normalized spacial score (nSPS) is 19.3. The standard InChI is InChI=1S/C16H28N4O2/c1-12-13(10-19(5)18-12)9-17-14-7-6-8-20(11-14)15(21)22-16(2,3)4/h10,14,17H,6-9,11H2,1-5H3. The Labute approximate surface area is 132 Å². The van der Waals surface area contributed by atoms with Gasteiger partial charge in [-0.15, -0.1) is 0 Å². The Bertz CT molecular complexity index is 519. The fourth-order valence-corrected chi connectivity index (χ4v) is 2.71. The number of aryl methyl sites for hydroxylation is 2. The third-order valence-corrected chi connectivity index (χ3v) is 3.77. The van der Waals surface area contributed by atoms with Crippen molar-refractivity contribution in [1.29, 1.82) is 0 Å². The molecular weight excluding hydrogens is 280 g/mol. The van der Waals surface area contributed by atoms with Crippen molar-refractivity contribution in [3.63, 3.8) is 0 Å². The summed E-state index contributed by atoms with van der Waals surface area (Å²) in [4.78, 5) is 14.0. The summed E-state index contributed by atoms with van der Waals surface area (Å²) >= 11 is 0. The van der Waals surface area contributed by atoms with Gasteiger partial charge in [-0.05, 0) is 40.5 Å². The van der Waals surface area contributed by atoms with Gasteiger partial charge in [-0.2, -0.15) is 5.10 Å². The van der Waals surface area contributed by atoms with Crippen LogP contribution < -0.4 is 5.32 Å². The number of hydrogen-bond donors (Lipinski definition) is 1. The van der Waals surface area contributed by atoms with Gasteiger partial charge in [-0.25, -0.2) is 4.79 Å². The summed E-state index contributed by atoms with van der Waals surface area (Å²) in [5.41, 5.74) is 1.82. The van der Waals surface area contributed by atoms with Crippen molar-refractivity contribution in [3.05, 3.63) is 17.5 Å². The molecule has 1 aliphatic rings. The topological polar surface area (TPSA) is 59.4 Å². The van der Waals surface area contributed by atoms with Crippen LogP contribution in [0.3, 0.4) is 0 Å². The lowest BCUT2D eigenvalue weighted by atomic mass is 10.1. The van der Waals surface area contributed by atoms with Crippen molar-refractivity contribution in [1.82, 2.24) is 20.0 Å². The highest BCUT2D eigenvalue weighted by molar-refractivity contribution is 5.68. The Morgan fingerprint density at radius 2 is 2.23 bits per heavy atom. The molecule has 1 fully saturated rings. The van der Waals surface area contributed by atoms with E-state index in [-0.39, 0.29) is 6.09 Å². The molecule has 2 rings (SSSR count). The third kappa shape index (κ3) is 4.73. The molecule has 1 atom stereocenters. The second kappa shape index (κ2) is 6.69. The first kappa shape index (κ1) is 16.8. The second-order valence-electron chi connectivity index (χ2n) is 7.06. The van der Waals surface area contributed by atoms with Crippen LogP contribution in [-0.4, -0.2) is 45.5 Å². The van der Waals surface area contributed by atoms with Crippen LogP contribution in [0.5, 0.6) is 0 Å². The van der Waals surface area contributed by atoms with Crippen molar-refractivity contribution in [2.24, 2.45) is 7.05 Å². The van der Waals surface area contributed by atoms with Crippen LogP contribution in [0.2, 0.25) is 0 Å². The molecule has 22 heavy (non-hydrogen) atoms. The van der Waals surface area contributed by atoms with E-state index in [1.807, 2.05) is 50.5 Å². The first-order chi connectivity index (χ1) is 10.2. The number of rotatable bonds is 3. The molecule has 124 valence electrons. The summed E-state index contributed by atoms with van der Waals surface area (Å²) in [5.74, 6) is 0. The van der Waals surface area contributed by atoms with E-state index in [9.17, 15) is 4.79 Å². The average molecular weight is 308 g/mol. The van der Waals surface area contributed by atoms with E-state index >= 15 is 0 Å². The maximum atomic E-state index is 12.2. The molecule has 1 saturated heterocycles. The van der Waals surface area contributed by atoms with Gasteiger partial charge in [0.15, 0.2) is 0 Å². The molecule has 6 heteroatoms. The fourth-order valence-electron chi connectivity index (χ4n) is 2.71. The number of amides is 1. The van der Waals surface area contributed by atoms with Gasteiger partial charge in [-0.1, -0.05) is 0 Å². The minimum absolute atomic E-state index is 0.212. The van der Waals surface area contributed by atoms with Crippen LogP contribution in [0.4, 0.5) is 4.79 Å². The molecule has 1 unspecified atom stereocenters. The van der Waals surface area contributed by atoms with Crippen LogP contribution in [-0.2, 0) is 18.3 Å². The third-order valence-electron chi connectivity index (χ3n) is 3.77. The Morgan fingerprint density at radius 3 is 2.82 bits per heavy atom. The van der Waals surface area contributed by atoms with E-state index in [4.69, 9.17) is 4.74 Å². The first-order valence-corrected chi connectivity index (χ1v) is 7.95. The van der Waals surface area contributed by atoms with Crippen molar-refractivity contribution < 1.29 is 9.53 Å². The largest absolute Gasteiger partial charge is 0.444 e. The molecule has 6 nitrogen and oxygen atoms in total. The highest BCUT2D eigenvalue weighted by Gasteiger charge is 2.27. The van der Waals surface area contributed by atoms with Crippen LogP contribution in [0.25, 0.3) is 0 Å². The quantitative estimate of drug-likeness (QED) is 0.930. The van der Waals surface area contributed by atoms with Crippen LogP contribution in [0, 0.1) is 6.92 Å². The number of carbonyl (C=O) groups is 1. The van der Waals surface area contributed by atoms with Gasteiger partial charge in [0, 0.05) is 44.5 Å². The summed E-state index contributed by atoms with van der Waals surface area (Å²) in [6, 6.07) is 0.306. The average Bonchev–Trinajstić information content (AvgIpc) is 2.73. The predicted octanol–water partition coefficient (Wildman–Crippen LogP) is 2.22. The van der Waals surface area contributed by atoms with Gasteiger partial charge in [0.2, 0.25) is 0 Å². The monoisotopic (exact) mass is 308 g/mol. The SMILES string of the molecule is Cc1nn(C)cc1CNC1CCCN(C(=O)OC(C)(C)C)C1. The molecule has 0 aromatic carbocycles. The maximum Gasteiger partial charge on any atom is 0.410 e. The Balaban J connectivity index is 1.85. The van der Waals surface area contributed by atoms with Crippen molar-refractivity contribution in [2.45, 2.75) is 58.7 Å². The van der Waals surface area contributed by atoms with Gasteiger partial charge >= 0.3 is 6.09 Å². The summed E-state index contributed by atoms with van der Waals surface area (Å²) in [7, 11) is 1.93. The number of carbonyl (C=O) groups excluding carboxylic acids is 1. The van der Waals surface area contributed by atoms with Crippen LogP contribution in [0.15, 0.2) is 6.20 Å². The molecule has 0 saturated carbocycles. The second-order valence-corrected chi connectivity index (χ2v) is 7.06. The zero-order valence-electron chi connectivity index (χ0n) is 14.3. The Kier molecular flexibility index (Phi) is 5.11. The van der Waals surface area contributed by atoms with E-state index in [2.05, 4.69) is 10.4 Å². The van der Waals surface area contributed by atoms with E-state index in [1.54, 1.807) is 0 Å². The minimum Gasteiger partial charge on any atom is -0.444 e. The summed E-state index contributed by atoms with van der Waals surface area (Å²) in [5, 5.41) is 7.89. The lowest BCUT2D eigenvalue weighted by Gasteiger charge is -2.34. The molecule has 1 amide bonds. The molecule has 1 aromatic heterocycles. The molecule has 0 radical (unpaired) electrons. The molecule has 0 bridgehead atoms. The smallest absolute Gasteiger partial charge is 0.410 e. The highest BCUT2D eigenvalue weighted by Crippen LogP contribution is 2.16. The number of aromatic nitrogens is 2. The molecular formula is C16H28N4O2. The summed E-state index contributed by atoms with van der Waals surface area (Å²) < 4.78 is 7.29. The fraction of sp³-hybridized carbons (Fsp3) is 0.750. The van der Waals surface area contributed by atoms with Crippen LogP contribution in [0.1, 0.15) is 44.9 Å². The highest BCUT2D eigenvalue weighted by atomic mass is 16.6. The predicted molar refractivity (Wildman–Crippen MR) is 85.6 cm³/mol. The van der Waals surface area contributed by atoms with Gasteiger partial charge < -0.3 is 15.0 Å². The number of ether oxygens (including phenoxy) is 1. The minimum atomic E-state index is -0.440. The molecule has 1 aliphatic heterocycles. The van der Waals surface area contributed by atoms with E-state index < -0.39 is 5.60 Å². The Hall–Kier alpha value is -1.56. The number of likely N-dealkylation sites (tertiary alicyclic amines) is 1. The zero-order valence-corrected chi connectivity index (χ0v) is 14.3. The van der Waals surface area contributed by atoms with Gasteiger partial charge in [-0.3, -0.25) is 4.68 Å². The van der Waals surface area contributed by atoms with Gasteiger partial charge in [0.05, 0.1) is 5.69 Å². The number of nitrogens with zero attached hydrogens (tertiary/aromatic N) is 3. The maximum absolute atomic E-state index is 12.2. The molecule has 1 N–H and O–H groups in total.